The lowest BCUT2D eigenvalue weighted by atomic mass is 9.96. The largest absolute Gasteiger partial charge is 0.319 e. The number of fused-ring (bicyclic) bond motifs is 12. The van der Waals surface area contributed by atoms with Crippen LogP contribution in [0.15, 0.2) is 340 Å². The molecule has 0 aliphatic carbocycles. The van der Waals surface area contributed by atoms with Gasteiger partial charge in [0.15, 0.2) is 0 Å². The summed E-state index contributed by atoms with van der Waals surface area (Å²) in [4.78, 5) is 13.4. The quantitative estimate of drug-likeness (QED) is 0.114. The van der Waals surface area contributed by atoms with Crippen molar-refractivity contribution in [1.82, 2.24) is 28.2 Å². The molecular weight excluding hydrogens is 1550 g/mol. The maximum absolute atomic E-state index is 11.0. The zero-order valence-corrected chi connectivity index (χ0v) is 73.9. The molecule has 0 unspecified atom stereocenters. The van der Waals surface area contributed by atoms with Crippen molar-refractivity contribution in [2.75, 3.05) is 0 Å². The fraction of sp³-hybridized carbons (Fsp3) is 0.100. The van der Waals surface area contributed by atoms with E-state index in [-0.39, 0.29) is 0 Å². The number of pyridine rings is 2. The smallest absolute Gasteiger partial charge is 0.212 e. The molecule has 0 atom stereocenters. The van der Waals surface area contributed by atoms with Crippen LogP contribution in [0.3, 0.4) is 0 Å². The van der Waals surface area contributed by atoms with Gasteiger partial charge in [-0.15, -0.1) is 0 Å². The molecule has 0 amide bonds. The maximum Gasteiger partial charge on any atom is 0.212 e. The fourth-order valence-electron chi connectivity index (χ4n) is 20.4. The van der Waals surface area contributed by atoms with Crippen LogP contribution >= 0.6 is 0 Å². The van der Waals surface area contributed by atoms with Crippen molar-refractivity contribution in [3.63, 3.8) is 0 Å². The van der Waals surface area contributed by atoms with Crippen LogP contribution in [-0.4, -0.2) is 28.2 Å². The normalized spacial score (nSPS) is 11.6. The van der Waals surface area contributed by atoms with Gasteiger partial charge in [-0.2, -0.15) is 5.26 Å². The van der Waals surface area contributed by atoms with E-state index in [1.165, 1.54) is 122 Å². The summed E-state index contributed by atoms with van der Waals surface area (Å²) in [5.74, 6) is 0. The number of aryl methyl sites for hydroxylation is 12. The predicted octanol–water partition coefficient (Wildman–Crippen LogP) is 32.0. The van der Waals surface area contributed by atoms with E-state index in [4.69, 9.17) is 6.57 Å². The third-order valence-electron chi connectivity index (χ3n) is 26.4. The molecule has 22 rings (SSSR count). The summed E-state index contributed by atoms with van der Waals surface area (Å²) < 4.78 is 9.38. The molecule has 0 aliphatic rings. The third kappa shape index (κ3) is 13.6. The number of para-hydroxylation sites is 2. The lowest BCUT2D eigenvalue weighted by Gasteiger charge is -2.20. The molecule has 0 N–H and O–H groups in total. The Kier molecular flexibility index (Phi) is 19.6. The van der Waals surface area contributed by atoms with Gasteiger partial charge >= 0.3 is 0 Å². The highest BCUT2D eigenvalue weighted by Gasteiger charge is 2.28. The SMILES string of the molecule is Cc1ccc(-c2ccc3c(c2)c2ccccc2n3-c2cc(-c3ccncc3)c(-n3c4ccccc4c4cc(-c5ccc(C)cc5C)ccc43)cc2C#N)c(C)c1.[C-]#[N+]c1cc(-n2c3cc(-c4ccc(C)cc4C)ccc3c3ccc(-c4ccc(C)cc4C)cc32)c(-c2ccncc2)cc1-n1c2cc(-c3ccc(C)cc3C)ccc2c2ccc(-c3ccc(C)cc3C)cc21. The number of nitriles is 1. The molecular formula is C120H92N8. The second-order valence-corrected chi connectivity index (χ2v) is 35.1. The van der Waals surface area contributed by atoms with E-state index in [1.54, 1.807) is 0 Å². The molecule has 0 radical (unpaired) electrons. The molecule has 0 aliphatic heterocycles. The Hall–Kier alpha value is -16.0. The van der Waals surface area contributed by atoms with Crippen LogP contribution in [0.2, 0.25) is 0 Å². The van der Waals surface area contributed by atoms with Crippen molar-refractivity contribution < 1.29 is 0 Å². The molecule has 22 aromatic rings. The van der Waals surface area contributed by atoms with E-state index in [0.717, 1.165) is 144 Å². The molecule has 0 saturated carbocycles. The van der Waals surface area contributed by atoms with Crippen molar-refractivity contribution in [2.24, 2.45) is 0 Å². The van der Waals surface area contributed by atoms with Gasteiger partial charge < -0.3 is 18.3 Å². The number of benzene rings is 16. The van der Waals surface area contributed by atoms with Gasteiger partial charge in [-0.05, 0) is 304 Å². The first-order chi connectivity index (χ1) is 62.3. The summed E-state index contributed by atoms with van der Waals surface area (Å²) >= 11 is 0. The molecule has 6 heterocycles. The van der Waals surface area contributed by atoms with E-state index in [9.17, 15) is 5.26 Å². The summed E-state index contributed by atoms with van der Waals surface area (Å²) in [5.41, 5.74) is 46.4. The molecule has 128 heavy (non-hydrogen) atoms. The van der Waals surface area contributed by atoms with Crippen molar-refractivity contribution in [3.8, 4) is 118 Å². The average molecular weight is 1650 g/mol. The minimum absolute atomic E-state index is 0.557. The van der Waals surface area contributed by atoms with Crippen LogP contribution in [-0.2, 0) is 0 Å². The van der Waals surface area contributed by atoms with Crippen LogP contribution in [0.5, 0.6) is 0 Å². The Bertz CT molecular complexity index is 8260. The molecule has 0 bridgehead atoms. The van der Waals surface area contributed by atoms with Gasteiger partial charge in [0.25, 0.3) is 0 Å². The minimum atomic E-state index is 0.557. The zero-order chi connectivity index (χ0) is 87.6. The van der Waals surface area contributed by atoms with Gasteiger partial charge in [0.05, 0.1) is 73.3 Å². The monoisotopic (exact) mass is 1640 g/mol. The van der Waals surface area contributed by atoms with Crippen LogP contribution in [0, 0.1) is 101 Å². The molecule has 6 aromatic heterocycles. The highest BCUT2D eigenvalue weighted by molar-refractivity contribution is 6.16. The number of nitrogens with zero attached hydrogens (tertiary/aromatic N) is 8. The Balaban J connectivity index is 0.000000160. The van der Waals surface area contributed by atoms with Crippen molar-refractivity contribution in [1.29, 1.82) is 5.26 Å². The van der Waals surface area contributed by atoms with Crippen LogP contribution in [0.1, 0.15) is 72.3 Å². The Morgan fingerprint density at radius 3 is 0.828 bits per heavy atom. The molecule has 8 nitrogen and oxygen atoms in total. The standard InChI is InChI=1S/C68H54N4.C52H38N4/c1-40-10-18-53(44(5)30-40)49-14-22-57-58-23-15-50(54-19-11-41(2)31-45(54)6)35-64(58)71(63(57)34-49)67-39-62(69-9)68(38-61(67)48-26-28-70-29-27-48)72-65-36-51(55-20-12-42(3)32-46(55)7)16-24-59(65)60-25-17-52(37-66(60)72)56-21-13-43(4)33-47(56)8;1-32-13-17-40(34(3)25-32)37-15-19-49-45(27-37)42-9-5-7-11-47(42)55(49)51-30-44(36-21-23-54-24-22-36)52(29-39(51)31-53)56-48-12-8-6-10-43(48)46-28-38(16-20-50(46)56)41-18-14-33(2)26-35(41)4/h10-39H,1-8H3;5-30H,1-4H3. The second-order valence-electron chi connectivity index (χ2n) is 35.1. The van der Waals surface area contributed by atoms with Crippen LogP contribution in [0.4, 0.5) is 5.69 Å². The lowest BCUT2D eigenvalue weighted by Crippen LogP contribution is -2.04. The van der Waals surface area contributed by atoms with E-state index in [1.807, 2.05) is 24.8 Å². The first-order valence-corrected chi connectivity index (χ1v) is 43.9. The summed E-state index contributed by atoms with van der Waals surface area (Å²) in [6, 6.07) is 118. The number of hydrogen-bond acceptors (Lipinski definition) is 3. The highest BCUT2D eigenvalue weighted by Crippen LogP contribution is 2.49. The summed E-state index contributed by atoms with van der Waals surface area (Å²) in [7, 11) is 0. The first-order valence-electron chi connectivity index (χ1n) is 43.9. The number of rotatable bonds is 12. The summed E-state index contributed by atoms with van der Waals surface area (Å²) in [6.07, 6.45) is 7.43. The van der Waals surface area contributed by atoms with Crippen molar-refractivity contribution >= 4 is 92.9 Å². The molecule has 0 saturated heterocycles. The van der Waals surface area contributed by atoms with E-state index >= 15 is 0 Å². The predicted molar refractivity (Wildman–Crippen MR) is 537 cm³/mol. The first kappa shape index (κ1) is 79.2. The average Bonchev–Trinajstić information content (AvgIpc) is 1.36. The second kappa shape index (κ2) is 31.7. The lowest BCUT2D eigenvalue weighted by molar-refractivity contribution is 1.13. The zero-order valence-electron chi connectivity index (χ0n) is 73.9. The molecule has 8 heteroatoms. The molecule has 0 fully saturated rings. The fourth-order valence-corrected chi connectivity index (χ4v) is 20.4. The summed E-state index contributed by atoms with van der Waals surface area (Å²) in [5, 5.41) is 20.3. The van der Waals surface area contributed by atoms with E-state index < -0.39 is 0 Å². The van der Waals surface area contributed by atoms with Gasteiger partial charge in [-0.25, -0.2) is 4.85 Å². The number of hydrogen-bond donors (Lipinski definition) is 0. The van der Waals surface area contributed by atoms with Crippen molar-refractivity contribution in [2.45, 2.75) is 83.1 Å². The van der Waals surface area contributed by atoms with Crippen LogP contribution in [0.25, 0.3) is 204 Å². The van der Waals surface area contributed by atoms with Gasteiger partial charge in [-0.3, -0.25) is 9.97 Å². The molecule has 612 valence electrons. The van der Waals surface area contributed by atoms with E-state index in [2.05, 4.69) is 438 Å². The van der Waals surface area contributed by atoms with Crippen LogP contribution < -0.4 is 0 Å². The topological polar surface area (TPSA) is 73.7 Å². The Morgan fingerprint density at radius 2 is 0.500 bits per heavy atom. The highest BCUT2D eigenvalue weighted by atomic mass is 15.0. The van der Waals surface area contributed by atoms with Gasteiger partial charge in [0, 0.05) is 84.7 Å². The van der Waals surface area contributed by atoms with Crippen molar-refractivity contribution in [3.05, 3.63) is 424 Å². The molecule has 16 aromatic carbocycles. The third-order valence-corrected chi connectivity index (χ3v) is 26.4. The van der Waals surface area contributed by atoms with E-state index in [0.29, 0.717) is 11.3 Å². The number of aromatic nitrogens is 6. The van der Waals surface area contributed by atoms with Gasteiger partial charge in [0.1, 0.15) is 6.07 Å². The van der Waals surface area contributed by atoms with Gasteiger partial charge in [-0.1, -0.05) is 240 Å². The Morgan fingerprint density at radius 1 is 0.227 bits per heavy atom. The Labute approximate surface area is 746 Å². The minimum Gasteiger partial charge on any atom is -0.319 e. The summed E-state index contributed by atoms with van der Waals surface area (Å²) in [6.45, 7) is 35.2. The molecule has 0 spiro atoms. The maximum atomic E-state index is 11.0. The van der Waals surface area contributed by atoms with Gasteiger partial charge in [0.2, 0.25) is 5.69 Å².